The van der Waals surface area contributed by atoms with Gasteiger partial charge in [0.1, 0.15) is 42.7 Å². The van der Waals surface area contributed by atoms with Crippen LogP contribution >= 0.6 is 7.82 Å². The molecule has 6 N–H and O–H groups in total. The molecule has 13 heteroatoms. The number of rotatable bonds is 35. The lowest BCUT2D eigenvalue weighted by Gasteiger charge is -2.41. The molecule has 6 unspecified atom stereocenters. The van der Waals surface area contributed by atoms with Crippen LogP contribution in [-0.4, -0.2) is 98.9 Å². The first-order valence-electron chi connectivity index (χ1n) is 22.4. The van der Waals surface area contributed by atoms with Crippen LogP contribution in [0.25, 0.3) is 0 Å². The van der Waals surface area contributed by atoms with Gasteiger partial charge in [0.25, 0.3) is 0 Å². The number of aliphatic hydroxyl groups excluding tert-OH is 5. The third-order valence-electron chi connectivity index (χ3n) is 9.33. The molecule has 1 aliphatic carbocycles. The highest BCUT2D eigenvalue weighted by molar-refractivity contribution is 7.47. The number of phosphoric acid groups is 1. The number of ether oxygens (including phenoxy) is 2. The van der Waals surface area contributed by atoms with Crippen molar-refractivity contribution in [3.05, 3.63) is 122 Å². The Morgan fingerprint density at radius 2 is 0.887 bits per heavy atom. The number of unbranched alkanes of at least 4 members (excludes halogenated alkanes) is 3. The molecule has 1 rings (SSSR count). The Labute approximate surface area is 371 Å². The van der Waals surface area contributed by atoms with E-state index in [4.69, 9.17) is 18.5 Å². The Morgan fingerprint density at radius 1 is 0.516 bits per heavy atom. The second-order valence-electron chi connectivity index (χ2n) is 14.8. The quantitative estimate of drug-likeness (QED) is 0.0153. The van der Waals surface area contributed by atoms with Gasteiger partial charge in [0.2, 0.25) is 0 Å². The molecule has 1 fully saturated rings. The zero-order valence-corrected chi connectivity index (χ0v) is 38.0. The maximum atomic E-state index is 12.8. The second kappa shape index (κ2) is 38.2. The number of carbonyl (C=O) groups is 1. The molecule has 0 aliphatic heterocycles. The molecule has 0 radical (unpaired) electrons. The molecule has 0 aromatic rings. The minimum Gasteiger partial charge on any atom is -0.457 e. The van der Waals surface area contributed by atoms with Gasteiger partial charge in [0.05, 0.1) is 13.2 Å². The molecule has 0 amide bonds. The first-order valence-corrected chi connectivity index (χ1v) is 23.9. The van der Waals surface area contributed by atoms with Crippen LogP contribution in [0.3, 0.4) is 0 Å². The van der Waals surface area contributed by atoms with Gasteiger partial charge >= 0.3 is 13.8 Å². The van der Waals surface area contributed by atoms with Crippen molar-refractivity contribution in [2.45, 2.75) is 159 Å². The number of allylic oxidation sites excluding steroid dienone is 20. The van der Waals surface area contributed by atoms with Gasteiger partial charge < -0.3 is 39.9 Å². The van der Waals surface area contributed by atoms with Gasteiger partial charge in [-0.05, 0) is 96.3 Å². The van der Waals surface area contributed by atoms with E-state index in [1.54, 1.807) is 0 Å². The normalized spacial score (nSPS) is 23.2. The molecule has 0 saturated heterocycles. The summed E-state index contributed by atoms with van der Waals surface area (Å²) >= 11 is 0. The van der Waals surface area contributed by atoms with Gasteiger partial charge in [0.15, 0.2) is 0 Å². The lowest BCUT2D eigenvalue weighted by atomic mass is 9.85. The molecular formula is C49H77O12P. The van der Waals surface area contributed by atoms with Crippen LogP contribution in [0.4, 0.5) is 0 Å². The van der Waals surface area contributed by atoms with E-state index in [9.17, 15) is 39.8 Å². The van der Waals surface area contributed by atoms with Crippen LogP contribution < -0.4 is 0 Å². The van der Waals surface area contributed by atoms with Crippen molar-refractivity contribution < 1.29 is 58.3 Å². The molecule has 0 bridgehead atoms. The van der Waals surface area contributed by atoms with Crippen molar-refractivity contribution in [2.24, 2.45) is 0 Å². The molecule has 0 spiro atoms. The number of hydrogen-bond acceptors (Lipinski definition) is 11. The molecule has 0 aromatic heterocycles. The van der Waals surface area contributed by atoms with Gasteiger partial charge in [0, 0.05) is 13.0 Å². The van der Waals surface area contributed by atoms with Gasteiger partial charge in [-0.1, -0.05) is 135 Å². The third-order valence-corrected chi connectivity index (χ3v) is 10.3. The maximum Gasteiger partial charge on any atom is 0.472 e. The van der Waals surface area contributed by atoms with Crippen LogP contribution in [0, 0.1) is 0 Å². The topological polar surface area (TPSA) is 192 Å². The van der Waals surface area contributed by atoms with E-state index < -0.39 is 63.1 Å². The predicted octanol–water partition coefficient (Wildman–Crippen LogP) is 9.08. The zero-order chi connectivity index (χ0) is 45.5. The summed E-state index contributed by atoms with van der Waals surface area (Å²) in [6.45, 7) is 3.80. The number of hydrogen-bond donors (Lipinski definition) is 6. The summed E-state index contributed by atoms with van der Waals surface area (Å²) in [5, 5.41) is 50.1. The first-order chi connectivity index (χ1) is 30.0. The molecule has 1 saturated carbocycles. The summed E-state index contributed by atoms with van der Waals surface area (Å²) in [6, 6.07) is 0. The number of aliphatic hydroxyl groups is 5. The minimum absolute atomic E-state index is 0.108. The van der Waals surface area contributed by atoms with E-state index >= 15 is 0 Å². The van der Waals surface area contributed by atoms with Gasteiger partial charge in [-0.2, -0.15) is 0 Å². The average molecular weight is 889 g/mol. The third kappa shape index (κ3) is 29.9. The van der Waals surface area contributed by atoms with Gasteiger partial charge in [-0.3, -0.25) is 13.8 Å². The summed E-state index contributed by atoms with van der Waals surface area (Å²) in [5.41, 5.74) is 0. The Morgan fingerprint density at radius 3 is 1.31 bits per heavy atom. The van der Waals surface area contributed by atoms with Crippen molar-refractivity contribution in [3.8, 4) is 0 Å². The van der Waals surface area contributed by atoms with Crippen molar-refractivity contribution in [1.82, 2.24) is 0 Å². The molecule has 6 atom stereocenters. The molecular weight excluding hydrogens is 812 g/mol. The number of carbonyl (C=O) groups excluding carboxylic acids is 1. The molecule has 62 heavy (non-hydrogen) atoms. The molecule has 12 nitrogen and oxygen atoms in total. The monoisotopic (exact) mass is 889 g/mol. The lowest BCUT2D eigenvalue weighted by molar-refractivity contribution is -0.220. The summed E-state index contributed by atoms with van der Waals surface area (Å²) in [4.78, 5) is 23.1. The smallest absolute Gasteiger partial charge is 0.457 e. The maximum absolute atomic E-state index is 12.8. The van der Waals surface area contributed by atoms with Crippen molar-refractivity contribution in [1.29, 1.82) is 0 Å². The molecule has 1 aliphatic rings. The van der Waals surface area contributed by atoms with Crippen LogP contribution in [0.15, 0.2) is 122 Å². The fourth-order valence-corrected chi connectivity index (χ4v) is 6.80. The van der Waals surface area contributed by atoms with Crippen LogP contribution in [-0.2, 0) is 27.9 Å². The van der Waals surface area contributed by atoms with E-state index in [2.05, 4.69) is 135 Å². The number of phosphoric ester groups is 1. The van der Waals surface area contributed by atoms with E-state index in [1.165, 1.54) is 0 Å². The van der Waals surface area contributed by atoms with Crippen molar-refractivity contribution in [2.75, 3.05) is 19.8 Å². The van der Waals surface area contributed by atoms with Crippen LogP contribution in [0.5, 0.6) is 0 Å². The highest BCUT2D eigenvalue weighted by atomic mass is 31.2. The Kier molecular flexibility index (Phi) is 35.0. The first kappa shape index (κ1) is 56.8. The summed E-state index contributed by atoms with van der Waals surface area (Å²) in [7, 11) is -5.05. The van der Waals surface area contributed by atoms with Gasteiger partial charge in [-0.25, -0.2) is 4.57 Å². The average Bonchev–Trinajstić information content (AvgIpc) is 3.26. The molecule has 0 heterocycles. The minimum atomic E-state index is -5.05. The van der Waals surface area contributed by atoms with Crippen LogP contribution in [0.2, 0.25) is 0 Å². The van der Waals surface area contributed by atoms with Crippen molar-refractivity contribution >= 4 is 13.8 Å². The van der Waals surface area contributed by atoms with E-state index in [0.29, 0.717) is 19.4 Å². The molecule has 350 valence electrons. The highest BCUT2D eigenvalue weighted by Crippen LogP contribution is 2.47. The van der Waals surface area contributed by atoms with Crippen LogP contribution in [0.1, 0.15) is 117 Å². The lowest BCUT2D eigenvalue weighted by Crippen LogP contribution is -2.64. The SMILES string of the molecule is CC/C=C\C/C=C\C/C=C\C/C=C\C/C=C\C/C=C\CCCCC(=O)OC(COCCC/C=C\C/C=C\C/C=C\C/C=C\CC)COP(=O)(O)OC1C(O)C(O)C(O)C(O)C1O. The standard InChI is InChI=1S/C49H77O12P/c1-3-5-7-9-11-13-15-17-19-20-21-22-23-24-25-26-28-30-32-34-36-38-43(50)60-42(40-58-39-37-35-33-31-29-27-18-16-14-12-10-8-6-4-2)41-59-62(56,57)61-49-47(54)45(52)44(51)46(53)48(49)55/h5-8,11-14,17-19,21-22,24-25,27-28,30-31,33,42,44-49,51-55H,3-4,9-10,15-16,20,23,26,29,32,34-41H2,1-2H3,(H,56,57)/b7-5-,8-6-,13-11-,14-12-,19-17-,22-21-,25-24-,27-18-,30-28-,33-31-. The number of esters is 1. The van der Waals surface area contributed by atoms with Gasteiger partial charge in [-0.15, -0.1) is 0 Å². The van der Waals surface area contributed by atoms with E-state index in [0.717, 1.165) is 83.5 Å². The fourth-order valence-electron chi connectivity index (χ4n) is 5.83. The summed E-state index contributed by atoms with van der Waals surface area (Å²) in [5.74, 6) is -0.545. The van der Waals surface area contributed by atoms with E-state index in [-0.39, 0.29) is 13.0 Å². The molecule has 0 aromatic carbocycles. The fraction of sp³-hybridized carbons (Fsp3) is 0.571. The highest BCUT2D eigenvalue weighted by Gasteiger charge is 2.51. The van der Waals surface area contributed by atoms with E-state index in [1.807, 2.05) is 0 Å². The zero-order valence-electron chi connectivity index (χ0n) is 37.1. The Balaban J connectivity index is 2.49. The summed E-state index contributed by atoms with van der Waals surface area (Å²) in [6.07, 6.45) is 42.8. The largest absolute Gasteiger partial charge is 0.472 e. The summed E-state index contributed by atoms with van der Waals surface area (Å²) < 4.78 is 34.0. The predicted molar refractivity (Wildman–Crippen MR) is 248 cm³/mol. The van der Waals surface area contributed by atoms with Crippen molar-refractivity contribution in [3.63, 3.8) is 0 Å². The Bertz CT molecular complexity index is 1480. The second-order valence-corrected chi connectivity index (χ2v) is 16.2. The Hall–Kier alpha value is -3.26.